The van der Waals surface area contributed by atoms with Crippen molar-refractivity contribution in [3.05, 3.63) is 23.8 Å². The highest BCUT2D eigenvalue weighted by Crippen LogP contribution is 2.28. The summed E-state index contributed by atoms with van der Waals surface area (Å²) in [5.74, 6) is 0. The van der Waals surface area contributed by atoms with Gasteiger partial charge in [-0.1, -0.05) is 19.9 Å². The summed E-state index contributed by atoms with van der Waals surface area (Å²) in [5, 5.41) is 0. The summed E-state index contributed by atoms with van der Waals surface area (Å²) in [6.45, 7) is 5.26. The molecule has 0 aromatic heterocycles. The Morgan fingerprint density at radius 3 is 2.27 bits per heavy atom. The van der Waals surface area contributed by atoms with Crippen LogP contribution in [-0.2, 0) is 10.0 Å². The zero-order valence-corrected chi connectivity index (χ0v) is 14.7. The molecule has 0 amide bonds. The van der Waals surface area contributed by atoms with Gasteiger partial charge in [0.2, 0.25) is 10.0 Å². The van der Waals surface area contributed by atoms with Crippen LogP contribution in [0.25, 0.3) is 0 Å². The molecule has 1 atom stereocenters. The van der Waals surface area contributed by atoms with E-state index >= 15 is 0 Å². The number of nitrogens with two attached hydrogens (primary N) is 2. The second kappa shape index (κ2) is 7.92. The summed E-state index contributed by atoms with van der Waals surface area (Å²) in [6, 6.07) is 4.60. The van der Waals surface area contributed by atoms with Crippen LogP contribution >= 0.6 is 0 Å². The van der Waals surface area contributed by atoms with Crippen LogP contribution in [0.4, 0.5) is 5.69 Å². The van der Waals surface area contributed by atoms with E-state index < -0.39 is 10.0 Å². The number of nitrogen functional groups attached to an aromatic ring is 1. The largest absolute Gasteiger partial charge is 0.399 e. The Kier molecular flexibility index (Phi) is 6.80. The van der Waals surface area contributed by atoms with Gasteiger partial charge in [-0.25, -0.2) is 8.42 Å². The SMILES string of the molecule is CCN(CC)S(=O)(=O)c1cc(N)ccc1C(N)CCN(C)C. The van der Waals surface area contributed by atoms with Gasteiger partial charge in [0.15, 0.2) is 0 Å². The van der Waals surface area contributed by atoms with Crippen molar-refractivity contribution < 1.29 is 8.42 Å². The highest BCUT2D eigenvalue weighted by molar-refractivity contribution is 7.89. The maximum absolute atomic E-state index is 12.8. The molecule has 0 aliphatic carbocycles. The first-order valence-corrected chi connectivity index (χ1v) is 8.97. The first-order chi connectivity index (χ1) is 10.2. The van der Waals surface area contributed by atoms with E-state index in [2.05, 4.69) is 0 Å². The van der Waals surface area contributed by atoms with E-state index in [1.165, 1.54) is 10.4 Å². The first-order valence-electron chi connectivity index (χ1n) is 7.53. The fraction of sp³-hybridized carbons (Fsp3) is 0.600. The summed E-state index contributed by atoms with van der Waals surface area (Å²) in [6.07, 6.45) is 0.678. The predicted molar refractivity (Wildman–Crippen MR) is 91.1 cm³/mol. The second-order valence-corrected chi connectivity index (χ2v) is 7.49. The fourth-order valence-electron chi connectivity index (χ4n) is 2.34. The lowest BCUT2D eigenvalue weighted by Crippen LogP contribution is -2.32. The summed E-state index contributed by atoms with van der Waals surface area (Å²) < 4.78 is 27.0. The van der Waals surface area contributed by atoms with Crippen molar-refractivity contribution in [2.24, 2.45) is 5.73 Å². The number of anilines is 1. The van der Waals surface area contributed by atoms with Gasteiger partial charge >= 0.3 is 0 Å². The van der Waals surface area contributed by atoms with Crippen LogP contribution in [0.15, 0.2) is 23.1 Å². The first kappa shape index (κ1) is 18.9. The summed E-state index contributed by atoms with van der Waals surface area (Å²) in [5.41, 5.74) is 13.1. The maximum atomic E-state index is 12.8. The molecule has 1 aromatic carbocycles. The zero-order chi connectivity index (χ0) is 16.9. The van der Waals surface area contributed by atoms with Gasteiger partial charge in [0.25, 0.3) is 0 Å². The van der Waals surface area contributed by atoms with Crippen LogP contribution in [-0.4, -0.2) is 51.4 Å². The number of sulfonamides is 1. The monoisotopic (exact) mass is 328 g/mol. The van der Waals surface area contributed by atoms with Crippen molar-refractivity contribution in [1.82, 2.24) is 9.21 Å². The van der Waals surface area contributed by atoms with Gasteiger partial charge in [-0.15, -0.1) is 0 Å². The Hall–Kier alpha value is -1.15. The average Bonchev–Trinajstić information content (AvgIpc) is 2.45. The number of hydrogen-bond donors (Lipinski definition) is 2. The number of hydrogen-bond acceptors (Lipinski definition) is 5. The van der Waals surface area contributed by atoms with Crippen molar-refractivity contribution in [2.75, 3.05) is 39.5 Å². The Labute approximate surface area is 134 Å². The Morgan fingerprint density at radius 1 is 1.18 bits per heavy atom. The van der Waals surface area contributed by atoms with E-state index in [1.54, 1.807) is 12.1 Å². The zero-order valence-electron chi connectivity index (χ0n) is 13.9. The van der Waals surface area contributed by atoms with Crippen molar-refractivity contribution >= 4 is 15.7 Å². The van der Waals surface area contributed by atoms with Gasteiger partial charge in [0, 0.05) is 24.8 Å². The lowest BCUT2D eigenvalue weighted by atomic mass is 10.0. The summed E-state index contributed by atoms with van der Waals surface area (Å²) in [4.78, 5) is 2.25. The molecule has 0 aliphatic rings. The molecule has 0 aliphatic heterocycles. The van der Waals surface area contributed by atoms with Gasteiger partial charge in [-0.3, -0.25) is 0 Å². The minimum absolute atomic E-state index is 0.224. The van der Waals surface area contributed by atoms with Crippen LogP contribution in [0, 0.1) is 0 Å². The minimum Gasteiger partial charge on any atom is -0.399 e. The van der Waals surface area contributed by atoms with Crippen LogP contribution in [0.5, 0.6) is 0 Å². The van der Waals surface area contributed by atoms with Gasteiger partial charge < -0.3 is 16.4 Å². The van der Waals surface area contributed by atoms with Crippen molar-refractivity contribution in [3.63, 3.8) is 0 Å². The standard InChI is InChI=1S/C15H28N4O2S/c1-5-19(6-2)22(20,21)15-11-12(16)7-8-13(15)14(17)9-10-18(3)4/h7-8,11,14H,5-6,9-10,16-17H2,1-4H3. The Balaban J connectivity index is 3.26. The topological polar surface area (TPSA) is 92.7 Å². The minimum atomic E-state index is -3.58. The molecular weight excluding hydrogens is 300 g/mol. The molecule has 0 saturated carbocycles. The number of benzene rings is 1. The lowest BCUT2D eigenvalue weighted by Gasteiger charge is -2.23. The molecule has 0 saturated heterocycles. The summed E-state index contributed by atoms with van der Waals surface area (Å²) >= 11 is 0. The molecular formula is C15H28N4O2S. The molecule has 4 N–H and O–H groups in total. The lowest BCUT2D eigenvalue weighted by molar-refractivity contribution is 0.381. The van der Waals surface area contributed by atoms with Crippen LogP contribution in [0.2, 0.25) is 0 Å². The molecule has 1 unspecified atom stereocenters. The highest BCUT2D eigenvalue weighted by Gasteiger charge is 2.27. The van der Waals surface area contributed by atoms with E-state index in [-0.39, 0.29) is 10.9 Å². The third kappa shape index (κ3) is 4.42. The molecule has 1 aromatic rings. The van der Waals surface area contributed by atoms with Gasteiger partial charge in [0.1, 0.15) is 0 Å². The molecule has 0 spiro atoms. The third-order valence-electron chi connectivity index (χ3n) is 3.65. The van der Waals surface area contributed by atoms with Gasteiger partial charge in [-0.2, -0.15) is 4.31 Å². The quantitative estimate of drug-likeness (QED) is 0.701. The van der Waals surface area contributed by atoms with Gasteiger partial charge in [0.05, 0.1) is 4.90 Å². The van der Waals surface area contributed by atoms with Gasteiger partial charge in [-0.05, 0) is 44.8 Å². The molecule has 22 heavy (non-hydrogen) atoms. The molecule has 7 heteroatoms. The van der Waals surface area contributed by atoms with E-state index in [0.717, 1.165) is 6.54 Å². The summed E-state index contributed by atoms with van der Waals surface area (Å²) in [7, 11) is 0.345. The molecule has 0 heterocycles. The maximum Gasteiger partial charge on any atom is 0.243 e. The van der Waals surface area contributed by atoms with Crippen molar-refractivity contribution in [1.29, 1.82) is 0 Å². The number of nitrogens with zero attached hydrogens (tertiary/aromatic N) is 2. The van der Waals surface area contributed by atoms with E-state index in [9.17, 15) is 8.42 Å². The molecule has 6 nitrogen and oxygen atoms in total. The molecule has 126 valence electrons. The second-order valence-electron chi connectivity index (χ2n) is 5.59. The highest BCUT2D eigenvalue weighted by atomic mass is 32.2. The predicted octanol–water partition coefficient (Wildman–Crippen LogP) is 1.25. The molecule has 0 radical (unpaired) electrons. The third-order valence-corrected chi connectivity index (χ3v) is 5.75. The van der Waals surface area contributed by atoms with Crippen molar-refractivity contribution in [2.45, 2.75) is 31.2 Å². The molecule has 0 fully saturated rings. The molecule has 0 bridgehead atoms. The fourth-order valence-corrected chi connectivity index (χ4v) is 4.10. The van der Waals surface area contributed by atoms with Crippen molar-refractivity contribution in [3.8, 4) is 0 Å². The normalized spacial score (nSPS) is 13.8. The molecule has 1 rings (SSSR count). The van der Waals surface area contributed by atoms with E-state index in [0.29, 0.717) is 30.8 Å². The van der Waals surface area contributed by atoms with Crippen LogP contribution in [0.3, 0.4) is 0 Å². The van der Waals surface area contributed by atoms with Crippen LogP contribution in [0.1, 0.15) is 31.9 Å². The smallest absolute Gasteiger partial charge is 0.243 e. The van der Waals surface area contributed by atoms with Crippen LogP contribution < -0.4 is 11.5 Å². The Bertz CT molecular complexity index is 583. The van der Waals surface area contributed by atoms with E-state index in [4.69, 9.17) is 11.5 Å². The average molecular weight is 328 g/mol. The Morgan fingerprint density at radius 2 is 1.77 bits per heavy atom. The van der Waals surface area contributed by atoms with E-state index in [1.807, 2.05) is 32.8 Å². The number of rotatable bonds is 8.